The van der Waals surface area contributed by atoms with Crippen LogP contribution in [0.3, 0.4) is 0 Å². The predicted octanol–water partition coefficient (Wildman–Crippen LogP) is 3.38. The Bertz CT molecular complexity index is 4390. The molecule has 34 nitrogen and oxygen atoms in total. The molecule has 2 aliphatic heterocycles. The van der Waals surface area contributed by atoms with Crippen LogP contribution < -0.4 is 63.8 Å². The van der Waals surface area contributed by atoms with Crippen LogP contribution in [-0.4, -0.2) is 187 Å². The van der Waals surface area contributed by atoms with Gasteiger partial charge in [-0.05, 0) is 61.7 Å². The number of piperazine rings is 1. The monoisotopic (exact) mass is 1380 g/mol. The maximum Gasteiger partial charge on any atom is 0.291 e. The molecule has 10 rings (SSSR count). The largest absolute Gasteiger partial charge is 0.399 e. The highest BCUT2D eigenvalue weighted by molar-refractivity contribution is 6.06. The molecule has 7 aromatic heterocycles. The summed E-state index contributed by atoms with van der Waals surface area (Å²) in [4.78, 5) is 145. The van der Waals surface area contributed by atoms with Gasteiger partial charge in [0.05, 0.1) is 22.8 Å². The number of aromatic amines is 1. The van der Waals surface area contributed by atoms with Gasteiger partial charge in [0.2, 0.25) is 29.4 Å². The van der Waals surface area contributed by atoms with E-state index in [9.17, 15) is 43.2 Å². The summed E-state index contributed by atoms with van der Waals surface area (Å²) in [6, 6.07) is 13.2. The predicted molar refractivity (Wildman–Crippen MR) is 380 cm³/mol. The number of imidazole rings is 4. The Hall–Kier alpha value is -12.2. The van der Waals surface area contributed by atoms with Crippen molar-refractivity contribution < 1.29 is 43.2 Å². The number of piperidine rings is 1. The summed E-state index contributed by atoms with van der Waals surface area (Å²) >= 11 is 0. The molecule has 0 spiro atoms. The minimum absolute atomic E-state index is 0.00368. The van der Waals surface area contributed by atoms with Gasteiger partial charge in [0.25, 0.3) is 35.4 Å². The van der Waals surface area contributed by atoms with Crippen LogP contribution in [0.2, 0.25) is 0 Å². The molecule has 0 unspecified atom stereocenters. The number of hydrogen-bond donors (Lipinski definition) is 12. The minimum atomic E-state index is -0.626. The molecule has 9 amide bonds. The molecule has 34 heteroatoms. The quantitative estimate of drug-likeness (QED) is 0.0227. The van der Waals surface area contributed by atoms with Crippen LogP contribution in [-0.2, 0) is 56.7 Å². The lowest BCUT2D eigenvalue weighted by Gasteiger charge is -2.44. The molecular weight excluding hydrogens is 1300 g/mol. The number of anilines is 8. The summed E-state index contributed by atoms with van der Waals surface area (Å²) in [6.45, 7) is 15.1. The van der Waals surface area contributed by atoms with E-state index in [0.717, 1.165) is 69.9 Å². The molecule has 2 saturated heterocycles. The molecule has 101 heavy (non-hydrogen) atoms. The highest BCUT2D eigenvalue weighted by Crippen LogP contribution is 2.26. The SMILES string of the molecule is C=C(NCCC(=C)N1CCN(C2CCN(c3ccc(N)cc3)CC2)CC1)c1nc(NC(=O)c2cc(NC(=O)CCNC(=O)c3nc(NC(=O)CCCNC(=O)c4cc(NC(=O)c5nc(NC(=O)CCNC(=O)c6cc(NC(=O)c7nccn7C)cn6C)cn5C)cn4C)cn3C)cn2C)c[nH]1. The van der Waals surface area contributed by atoms with Gasteiger partial charge in [0.1, 0.15) is 17.1 Å². The van der Waals surface area contributed by atoms with E-state index in [1.54, 1.807) is 76.2 Å². The average molecular weight is 1380 g/mol. The number of rotatable bonds is 30. The van der Waals surface area contributed by atoms with Crippen LogP contribution in [0.5, 0.6) is 0 Å². The molecule has 8 aromatic rings. The maximum absolute atomic E-state index is 13.4. The summed E-state index contributed by atoms with van der Waals surface area (Å²) in [7, 11) is 9.75. The third kappa shape index (κ3) is 18.7. The fraction of sp³-hybridized carbons (Fsp3) is 0.358. The standard InChI is InChI=1S/C67H85N25O9/c1-41(90-28-30-92(31-29-90)48-18-25-91(26-19-48)47-13-11-43(68)12-14-47)15-21-69-42(2)58-74-35-52(80-58)83-64(98)51-32-44(36-87(51)6)75-56(94)16-23-73-65(99)60-81-53(39-88(60)7)78-55(93)10-9-20-71-62(96)49-34-46(38-85(49)4)77-67(101)61-82-54(40-89(61)8)79-57(95)17-22-72-63(97)50-33-45(37-86(50)5)76-66(100)59-70-24-27-84(59)3/h11-14,24,27,32-40,48,69H,1-2,9-10,15-23,25-26,28-31,68H2,3-8H3,(H,71,96)(H,72,97)(H,73,99)(H,74,80)(H,75,94)(H,76,100)(H,77,101)(H,78,93)(H,79,95)(H,83,98). The second-order valence-electron chi connectivity index (χ2n) is 24.7. The molecular formula is C67H85N25O9. The van der Waals surface area contributed by atoms with E-state index in [1.165, 1.54) is 66.9 Å². The van der Waals surface area contributed by atoms with Crippen LogP contribution >= 0.6 is 0 Å². The van der Waals surface area contributed by atoms with Crippen molar-refractivity contribution >= 4 is 105 Å². The molecule has 2 fully saturated rings. The molecule has 0 radical (unpaired) electrons. The van der Waals surface area contributed by atoms with Crippen molar-refractivity contribution in [2.24, 2.45) is 42.3 Å². The number of aromatic nitrogens is 11. The average Bonchev–Trinajstić information content (AvgIpc) is 1.61. The zero-order chi connectivity index (χ0) is 72.0. The van der Waals surface area contributed by atoms with E-state index in [0.29, 0.717) is 35.5 Å². The van der Waals surface area contributed by atoms with Crippen LogP contribution in [0.4, 0.5) is 45.9 Å². The molecule has 0 saturated carbocycles. The number of nitrogen functional groups attached to an aromatic ring is 1. The number of H-pyrrole nitrogens is 1. The lowest BCUT2D eigenvalue weighted by atomic mass is 10.0. The van der Waals surface area contributed by atoms with Crippen LogP contribution in [0.15, 0.2) is 111 Å². The number of nitrogens with one attached hydrogen (secondary N) is 11. The van der Waals surface area contributed by atoms with Crippen molar-refractivity contribution in [3.05, 3.63) is 151 Å². The maximum atomic E-state index is 13.4. The normalized spacial score (nSPS) is 13.2. The van der Waals surface area contributed by atoms with Gasteiger partial charge in [-0.15, -0.1) is 0 Å². The van der Waals surface area contributed by atoms with Gasteiger partial charge < -0.3 is 101 Å². The number of carbonyl (C=O) groups excluding carboxylic acids is 9. The van der Waals surface area contributed by atoms with Gasteiger partial charge in [-0.25, -0.2) is 19.9 Å². The third-order valence-corrected chi connectivity index (χ3v) is 17.2. The van der Waals surface area contributed by atoms with Crippen LogP contribution in [0.25, 0.3) is 5.70 Å². The molecule has 1 aromatic carbocycles. The Morgan fingerprint density at radius 2 is 1.00 bits per heavy atom. The number of hydrogen-bond acceptors (Lipinski definition) is 18. The van der Waals surface area contributed by atoms with E-state index < -0.39 is 53.2 Å². The lowest BCUT2D eigenvalue weighted by molar-refractivity contribution is -0.117. The fourth-order valence-electron chi connectivity index (χ4n) is 11.8. The molecule has 0 atom stereocenters. The smallest absolute Gasteiger partial charge is 0.291 e. The van der Waals surface area contributed by atoms with Crippen molar-refractivity contribution in [1.29, 1.82) is 0 Å². The molecule has 0 bridgehead atoms. The zero-order valence-corrected chi connectivity index (χ0v) is 57.2. The number of nitrogens with two attached hydrogens (primary N) is 1. The number of amides is 9. The first-order chi connectivity index (χ1) is 48.4. The van der Waals surface area contributed by atoms with E-state index in [1.807, 2.05) is 12.1 Å². The summed E-state index contributed by atoms with van der Waals surface area (Å²) in [5, 5.41) is 27.6. The Kier molecular flexibility index (Phi) is 23.0. The van der Waals surface area contributed by atoms with Gasteiger partial charge in [0, 0.05) is 206 Å². The Morgan fingerprint density at radius 3 is 1.57 bits per heavy atom. The van der Waals surface area contributed by atoms with Gasteiger partial charge in [0.15, 0.2) is 29.1 Å². The van der Waals surface area contributed by atoms with E-state index >= 15 is 0 Å². The third-order valence-electron chi connectivity index (χ3n) is 17.2. The zero-order valence-electron chi connectivity index (χ0n) is 57.2. The Labute approximate surface area is 581 Å². The molecule has 0 aliphatic carbocycles. The first-order valence-corrected chi connectivity index (χ1v) is 32.9. The molecule has 2 aliphatic rings. The summed E-state index contributed by atoms with van der Waals surface area (Å²) in [5.74, 6) is -3.30. The van der Waals surface area contributed by atoms with Gasteiger partial charge in [-0.2, -0.15) is 0 Å². The van der Waals surface area contributed by atoms with Crippen molar-refractivity contribution in [2.45, 2.75) is 51.0 Å². The number of aryl methyl sites for hydroxylation is 6. The first kappa shape index (κ1) is 71.5. The summed E-state index contributed by atoms with van der Waals surface area (Å²) in [6.07, 6.45) is 15.3. The second-order valence-corrected chi connectivity index (χ2v) is 24.7. The van der Waals surface area contributed by atoms with E-state index in [4.69, 9.17) is 5.73 Å². The minimum Gasteiger partial charge on any atom is -0.399 e. The van der Waals surface area contributed by atoms with Crippen LogP contribution in [0, 0.1) is 0 Å². The topological polar surface area (TPSA) is 407 Å². The second kappa shape index (κ2) is 32.4. The highest BCUT2D eigenvalue weighted by atomic mass is 16.2. The van der Waals surface area contributed by atoms with E-state index in [2.05, 4.69) is 118 Å². The Balaban J connectivity index is 0.570. The van der Waals surface area contributed by atoms with Crippen LogP contribution in [0.1, 0.15) is 114 Å². The summed E-state index contributed by atoms with van der Waals surface area (Å²) < 4.78 is 9.01. The van der Waals surface area contributed by atoms with Gasteiger partial charge in [-0.1, -0.05) is 13.2 Å². The molecule has 532 valence electrons. The van der Waals surface area contributed by atoms with Gasteiger partial charge in [-0.3, -0.25) is 48.1 Å². The number of benzene rings is 1. The molecule has 13 N–H and O–H groups in total. The molecule has 9 heterocycles. The van der Waals surface area contributed by atoms with Crippen molar-refractivity contribution in [2.75, 3.05) is 108 Å². The fourth-order valence-corrected chi connectivity index (χ4v) is 11.8. The van der Waals surface area contributed by atoms with Crippen molar-refractivity contribution in [3.63, 3.8) is 0 Å². The number of nitrogens with zero attached hydrogens (tertiary/aromatic N) is 13. The number of carbonyl (C=O) groups is 9. The lowest BCUT2D eigenvalue weighted by Crippen LogP contribution is -2.53. The first-order valence-electron chi connectivity index (χ1n) is 32.9. The Morgan fingerprint density at radius 1 is 0.495 bits per heavy atom. The van der Waals surface area contributed by atoms with Crippen molar-refractivity contribution in [3.8, 4) is 0 Å². The van der Waals surface area contributed by atoms with E-state index in [-0.39, 0.29) is 103 Å². The van der Waals surface area contributed by atoms with Gasteiger partial charge >= 0.3 is 0 Å². The summed E-state index contributed by atoms with van der Waals surface area (Å²) in [5.41, 5.74) is 11.3. The van der Waals surface area contributed by atoms with Crippen molar-refractivity contribution in [1.82, 2.24) is 83.4 Å². The highest BCUT2D eigenvalue weighted by Gasteiger charge is 2.29.